The molecule has 1 aromatic carbocycles. The van der Waals surface area contributed by atoms with Crippen LogP contribution in [-0.4, -0.2) is 11.9 Å². The Hall–Kier alpha value is -2.60. The zero-order valence-corrected chi connectivity index (χ0v) is 11.1. The van der Waals surface area contributed by atoms with Crippen LogP contribution in [0.1, 0.15) is 16.8 Å². The van der Waals surface area contributed by atoms with Gasteiger partial charge in [0, 0.05) is 5.56 Å². The smallest absolute Gasteiger partial charge is 0.252 e. The topological polar surface area (TPSA) is 52.9 Å². The Balaban J connectivity index is 1.96. The highest BCUT2D eigenvalue weighted by molar-refractivity contribution is 5.94. The lowest BCUT2D eigenvalue weighted by Gasteiger charge is -2.14. The van der Waals surface area contributed by atoms with Crippen molar-refractivity contribution in [3.05, 3.63) is 72.4 Å². The number of hydrogen-bond acceptors (Lipinski definition) is 2. The molecule has 1 aromatic rings. The molecular weight excluding hydrogens is 248 g/mol. The van der Waals surface area contributed by atoms with E-state index in [4.69, 9.17) is 0 Å². The maximum absolute atomic E-state index is 12.0. The average Bonchev–Trinajstić information content (AvgIpc) is 2.76. The van der Waals surface area contributed by atoms with E-state index >= 15 is 0 Å². The van der Waals surface area contributed by atoms with Crippen LogP contribution in [0.3, 0.4) is 0 Å². The molecule has 100 valence electrons. The van der Waals surface area contributed by atoms with Gasteiger partial charge >= 0.3 is 0 Å². The van der Waals surface area contributed by atoms with Crippen molar-refractivity contribution in [2.45, 2.75) is 12.5 Å². The third kappa shape index (κ3) is 3.96. The van der Waals surface area contributed by atoms with Gasteiger partial charge in [0.05, 0.1) is 6.07 Å². The van der Waals surface area contributed by atoms with E-state index in [1.807, 2.05) is 42.5 Å². The summed E-state index contributed by atoms with van der Waals surface area (Å²) in [5.74, 6) is -0.0532. The van der Waals surface area contributed by atoms with Crippen LogP contribution in [0.25, 0.3) is 0 Å². The summed E-state index contributed by atoms with van der Waals surface area (Å²) in [6, 6.07) is 10.6. The van der Waals surface area contributed by atoms with Gasteiger partial charge in [0.15, 0.2) is 0 Å². The quantitative estimate of drug-likeness (QED) is 0.908. The molecule has 0 saturated heterocycles. The largest absolute Gasteiger partial charge is 0.336 e. The Labute approximate surface area is 118 Å². The predicted octanol–water partition coefficient (Wildman–Crippen LogP) is 3.00. The SMILES string of the molecule is N#C[C@H](CC1C=CC=CC=C1)NC(=O)c1ccccc1. The number of carbonyl (C=O) groups is 1. The molecule has 1 amide bonds. The molecule has 0 aromatic heterocycles. The van der Waals surface area contributed by atoms with Crippen LogP contribution in [0.4, 0.5) is 0 Å². The maximum Gasteiger partial charge on any atom is 0.252 e. The summed E-state index contributed by atoms with van der Waals surface area (Å²) in [5, 5.41) is 12.0. The van der Waals surface area contributed by atoms with Gasteiger partial charge in [0.2, 0.25) is 0 Å². The Morgan fingerprint density at radius 1 is 1.15 bits per heavy atom. The van der Waals surface area contributed by atoms with E-state index in [2.05, 4.69) is 11.4 Å². The van der Waals surface area contributed by atoms with E-state index in [1.54, 1.807) is 24.3 Å². The number of rotatable bonds is 4. The van der Waals surface area contributed by atoms with Crippen molar-refractivity contribution in [3.63, 3.8) is 0 Å². The highest BCUT2D eigenvalue weighted by atomic mass is 16.1. The van der Waals surface area contributed by atoms with E-state index in [1.165, 1.54) is 0 Å². The van der Waals surface area contributed by atoms with Gasteiger partial charge in [-0.2, -0.15) is 5.26 Å². The van der Waals surface area contributed by atoms with Crippen LogP contribution in [-0.2, 0) is 0 Å². The summed E-state index contributed by atoms with van der Waals surface area (Å²) in [6.45, 7) is 0. The molecule has 0 radical (unpaired) electrons. The second-order valence-corrected chi connectivity index (χ2v) is 4.58. The van der Waals surface area contributed by atoms with Crippen molar-refractivity contribution in [1.29, 1.82) is 5.26 Å². The highest BCUT2D eigenvalue weighted by Gasteiger charge is 2.16. The second kappa shape index (κ2) is 7.10. The van der Waals surface area contributed by atoms with Gasteiger partial charge < -0.3 is 5.32 Å². The van der Waals surface area contributed by atoms with Crippen LogP contribution < -0.4 is 5.32 Å². The molecule has 3 heteroatoms. The van der Waals surface area contributed by atoms with E-state index < -0.39 is 6.04 Å². The molecule has 0 heterocycles. The zero-order chi connectivity index (χ0) is 14.2. The van der Waals surface area contributed by atoms with Crippen molar-refractivity contribution in [3.8, 4) is 6.07 Å². The van der Waals surface area contributed by atoms with Gasteiger partial charge in [-0.1, -0.05) is 54.7 Å². The second-order valence-electron chi connectivity index (χ2n) is 4.58. The van der Waals surface area contributed by atoms with Crippen molar-refractivity contribution in [2.75, 3.05) is 0 Å². The first-order chi connectivity index (χ1) is 9.79. The molecular formula is C17H16N2O. The lowest BCUT2D eigenvalue weighted by atomic mass is 9.99. The number of benzene rings is 1. The fourth-order valence-electron chi connectivity index (χ4n) is 2.01. The Morgan fingerprint density at radius 2 is 1.80 bits per heavy atom. The van der Waals surface area contributed by atoms with Crippen LogP contribution >= 0.6 is 0 Å². The first kappa shape index (κ1) is 13.8. The maximum atomic E-state index is 12.0. The van der Waals surface area contributed by atoms with E-state index in [0.29, 0.717) is 12.0 Å². The number of nitriles is 1. The van der Waals surface area contributed by atoms with Gasteiger partial charge in [-0.3, -0.25) is 4.79 Å². The lowest BCUT2D eigenvalue weighted by molar-refractivity contribution is 0.0943. The number of carbonyl (C=O) groups excluding carboxylic acids is 1. The van der Waals surface area contributed by atoms with Gasteiger partial charge in [-0.15, -0.1) is 0 Å². The van der Waals surface area contributed by atoms with E-state index in [-0.39, 0.29) is 11.8 Å². The predicted molar refractivity (Wildman–Crippen MR) is 78.8 cm³/mol. The summed E-state index contributed by atoms with van der Waals surface area (Å²) in [4.78, 5) is 12.0. The highest BCUT2D eigenvalue weighted by Crippen LogP contribution is 2.13. The van der Waals surface area contributed by atoms with Gasteiger partial charge in [0.1, 0.15) is 6.04 Å². The summed E-state index contributed by atoms with van der Waals surface area (Å²) in [7, 11) is 0. The van der Waals surface area contributed by atoms with Crippen LogP contribution in [0.15, 0.2) is 66.8 Å². The van der Waals surface area contributed by atoms with Crippen molar-refractivity contribution in [2.24, 2.45) is 5.92 Å². The number of nitrogens with zero attached hydrogens (tertiary/aromatic N) is 1. The monoisotopic (exact) mass is 264 g/mol. The van der Waals surface area contributed by atoms with E-state index in [0.717, 1.165) is 0 Å². The molecule has 3 nitrogen and oxygen atoms in total. The molecule has 0 bridgehead atoms. The van der Waals surface area contributed by atoms with Crippen LogP contribution in [0.5, 0.6) is 0 Å². The minimum atomic E-state index is -0.500. The first-order valence-corrected chi connectivity index (χ1v) is 6.57. The van der Waals surface area contributed by atoms with Gasteiger partial charge in [0.25, 0.3) is 5.91 Å². The minimum Gasteiger partial charge on any atom is -0.336 e. The molecule has 1 aliphatic carbocycles. The lowest BCUT2D eigenvalue weighted by Crippen LogP contribution is -2.34. The fraction of sp³-hybridized carbons (Fsp3) is 0.176. The Morgan fingerprint density at radius 3 is 2.40 bits per heavy atom. The van der Waals surface area contributed by atoms with Crippen LogP contribution in [0.2, 0.25) is 0 Å². The zero-order valence-electron chi connectivity index (χ0n) is 11.1. The molecule has 0 unspecified atom stereocenters. The normalized spacial score (nSPS) is 15.3. The minimum absolute atomic E-state index is 0.158. The van der Waals surface area contributed by atoms with Crippen LogP contribution in [0, 0.1) is 17.2 Å². The molecule has 1 N–H and O–H groups in total. The number of allylic oxidation sites excluding steroid dienone is 6. The number of amides is 1. The summed E-state index contributed by atoms with van der Waals surface area (Å²) in [5.41, 5.74) is 0.571. The standard InChI is InChI=1S/C17H16N2O/c18-13-16(12-14-8-4-1-2-5-9-14)19-17(20)15-10-6-3-7-11-15/h1-11,14,16H,12H2,(H,19,20)/t16-/m0/s1. The molecule has 2 rings (SSSR count). The van der Waals surface area contributed by atoms with Crippen molar-refractivity contribution >= 4 is 5.91 Å². The summed E-state index contributed by atoms with van der Waals surface area (Å²) >= 11 is 0. The molecule has 0 spiro atoms. The third-order valence-electron chi connectivity index (χ3n) is 3.05. The number of hydrogen-bond donors (Lipinski definition) is 1. The molecule has 0 aliphatic heterocycles. The fourth-order valence-corrected chi connectivity index (χ4v) is 2.01. The van der Waals surface area contributed by atoms with Gasteiger partial charge in [-0.05, 0) is 24.5 Å². The first-order valence-electron chi connectivity index (χ1n) is 6.57. The average molecular weight is 264 g/mol. The van der Waals surface area contributed by atoms with E-state index in [9.17, 15) is 10.1 Å². The molecule has 0 fully saturated rings. The summed E-state index contributed by atoms with van der Waals surface area (Å²) in [6.07, 6.45) is 12.4. The Kier molecular flexibility index (Phi) is 4.91. The van der Waals surface area contributed by atoms with Crippen molar-refractivity contribution < 1.29 is 4.79 Å². The van der Waals surface area contributed by atoms with Gasteiger partial charge in [-0.25, -0.2) is 0 Å². The molecule has 0 saturated carbocycles. The molecule has 1 aliphatic rings. The summed E-state index contributed by atoms with van der Waals surface area (Å²) < 4.78 is 0. The third-order valence-corrected chi connectivity index (χ3v) is 3.05. The molecule has 1 atom stereocenters. The molecule has 20 heavy (non-hydrogen) atoms. The van der Waals surface area contributed by atoms with Crippen molar-refractivity contribution in [1.82, 2.24) is 5.32 Å². The number of nitrogens with one attached hydrogen (secondary N) is 1. The Bertz CT molecular complexity index is 563.